The van der Waals surface area contributed by atoms with Crippen molar-refractivity contribution < 1.29 is 14.3 Å². The Hall–Kier alpha value is -0.650. The van der Waals surface area contributed by atoms with Crippen LogP contribution in [-0.4, -0.2) is 61.4 Å². The van der Waals surface area contributed by atoms with Crippen molar-refractivity contribution in [1.82, 2.24) is 10.2 Å². The van der Waals surface area contributed by atoms with E-state index < -0.39 is 5.54 Å². The second-order valence-corrected chi connectivity index (χ2v) is 5.75. The highest BCUT2D eigenvalue weighted by molar-refractivity contribution is 5.80. The summed E-state index contributed by atoms with van der Waals surface area (Å²) in [5.74, 6) is -0.178. The van der Waals surface area contributed by atoms with E-state index in [1.54, 1.807) is 0 Å². The molecule has 0 aromatic heterocycles. The molecule has 19 heavy (non-hydrogen) atoms. The van der Waals surface area contributed by atoms with Gasteiger partial charge in [-0.25, -0.2) is 0 Å². The van der Waals surface area contributed by atoms with Gasteiger partial charge in [-0.1, -0.05) is 0 Å². The fourth-order valence-electron chi connectivity index (χ4n) is 2.50. The standard InChI is InChI=1S/C14H28N2O3/c1-6-19-13(17)14(5,15-11(2)3)10-16-7-8-18-9-12(16)4/h11-12,15H,6-10H2,1-5H3. The molecule has 0 aliphatic carbocycles. The average molecular weight is 272 g/mol. The Morgan fingerprint density at radius 2 is 2.26 bits per heavy atom. The first kappa shape index (κ1) is 16.4. The summed E-state index contributed by atoms with van der Waals surface area (Å²) in [5, 5.41) is 3.35. The van der Waals surface area contributed by atoms with Crippen LogP contribution in [0.1, 0.15) is 34.6 Å². The number of hydrogen-bond donors (Lipinski definition) is 1. The molecule has 1 aliphatic rings. The van der Waals surface area contributed by atoms with E-state index in [1.807, 2.05) is 27.7 Å². The smallest absolute Gasteiger partial charge is 0.327 e. The first-order valence-corrected chi connectivity index (χ1v) is 7.15. The number of nitrogens with one attached hydrogen (secondary N) is 1. The van der Waals surface area contributed by atoms with Crippen molar-refractivity contribution in [3.8, 4) is 0 Å². The summed E-state index contributed by atoms with van der Waals surface area (Å²) in [7, 11) is 0. The SMILES string of the molecule is CCOC(=O)C(C)(CN1CCOCC1C)NC(C)C. The predicted molar refractivity (Wildman–Crippen MR) is 75.2 cm³/mol. The van der Waals surface area contributed by atoms with Gasteiger partial charge in [-0.3, -0.25) is 15.0 Å². The lowest BCUT2D eigenvalue weighted by molar-refractivity contribution is -0.152. The molecular weight excluding hydrogens is 244 g/mol. The zero-order valence-electron chi connectivity index (χ0n) is 12.9. The third kappa shape index (κ3) is 4.75. The molecule has 1 aliphatic heterocycles. The molecule has 2 atom stereocenters. The first-order valence-electron chi connectivity index (χ1n) is 7.15. The molecular formula is C14H28N2O3. The fraction of sp³-hybridized carbons (Fsp3) is 0.929. The van der Waals surface area contributed by atoms with Crippen LogP contribution in [0.2, 0.25) is 0 Å². The maximum absolute atomic E-state index is 12.2. The van der Waals surface area contributed by atoms with Crippen molar-refractivity contribution in [1.29, 1.82) is 0 Å². The fourth-order valence-corrected chi connectivity index (χ4v) is 2.50. The highest BCUT2D eigenvalue weighted by Crippen LogP contribution is 2.15. The normalized spacial score (nSPS) is 24.2. The number of carbonyl (C=O) groups is 1. The molecule has 1 rings (SSSR count). The number of carbonyl (C=O) groups excluding carboxylic acids is 1. The molecule has 0 aromatic rings. The molecule has 5 heteroatoms. The Balaban J connectivity index is 2.75. The van der Waals surface area contributed by atoms with Gasteiger partial charge in [0.15, 0.2) is 0 Å². The highest BCUT2D eigenvalue weighted by atomic mass is 16.5. The summed E-state index contributed by atoms with van der Waals surface area (Å²) < 4.78 is 10.7. The van der Waals surface area contributed by atoms with Crippen LogP contribution in [-0.2, 0) is 14.3 Å². The van der Waals surface area contributed by atoms with Crippen LogP contribution in [0.4, 0.5) is 0 Å². The number of morpholine rings is 1. The van der Waals surface area contributed by atoms with E-state index in [0.717, 1.165) is 19.8 Å². The molecule has 5 nitrogen and oxygen atoms in total. The summed E-state index contributed by atoms with van der Waals surface area (Å²) in [6.07, 6.45) is 0. The molecule has 1 saturated heterocycles. The largest absolute Gasteiger partial charge is 0.465 e. The lowest BCUT2D eigenvalue weighted by Gasteiger charge is -2.40. The predicted octanol–water partition coefficient (Wildman–Crippen LogP) is 1.03. The van der Waals surface area contributed by atoms with Crippen LogP contribution in [0.3, 0.4) is 0 Å². The van der Waals surface area contributed by atoms with Gasteiger partial charge in [0.25, 0.3) is 0 Å². The number of hydrogen-bond acceptors (Lipinski definition) is 5. The average Bonchev–Trinajstić information content (AvgIpc) is 2.31. The van der Waals surface area contributed by atoms with Crippen molar-refractivity contribution in [2.45, 2.75) is 52.2 Å². The Labute approximate surface area is 116 Å². The third-order valence-electron chi connectivity index (χ3n) is 3.36. The monoisotopic (exact) mass is 272 g/mol. The van der Waals surface area contributed by atoms with Gasteiger partial charge in [-0.05, 0) is 34.6 Å². The summed E-state index contributed by atoms with van der Waals surface area (Å²) in [4.78, 5) is 14.5. The molecule has 1 N–H and O–H groups in total. The van der Waals surface area contributed by atoms with Gasteiger partial charge < -0.3 is 9.47 Å². The number of esters is 1. The van der Waals surface area contributed by atoms with Gasteiger partial charge >= 0.3 is 5.97 Å². The molecule has 1 fully saturated rings. The van der Waals surface area contributed by atoms with E-state index in [-0.39, 0.29) is 12.0 Å². The van der Waals surface area contributed by atoms with Crippen LogP contribution < -0.4 is 5.32 Å². The van der Waals surface area contributed by atoms with Crippen LogP contribution in [0.25, 0.3) is 0 Å². The van der Waals surface area contributed by atoms with E-state index in [1.165, 1.54) is 0 Å². The van der Waals surface area contributed by atoms with Crippen molar-refractivity contribution in [2.24, 2.45) is 0 Å². The van der Waals surface area contributed by atoms with Gasteiger partial charge in [0, 0.05) is 25.2 Å². The molecule has 0 amide bonds. The second-order valence-electron chi connectivity index (χ2n) is 5.75. The third-order valence-corrected chi connectivity index (χ3v) is 3.36. The highest BCUT2D eigenvalue weighted by Gasteiger charge is 2.38. The molecule has 1 heterocycles. The Morgan fingerprint density at radius 3 is 2.79 bits per heavy atom. The van der Waals surface area contributed by atoms with Gasteiger partial charge in [-0.2, -0.15) is 0 Å². The molecule has 2 unspecified atom stereocenters. The van der Waals surface area contributed by atoms with Crippen LogP contribution >= 0.6 is 0 Å². The summed E-state index contributed by atoms with van der Waals surface area (Å²) in [5.41, 5.74) is -0.671. The number of ether oxygens (including phenoxy) is 2. The van der Waals surface area contributed by atoms with E-state index in [0.29, 0.717) is 19.2 Å². The lowest BCUT2D eigenvalue weighted by atomic mass is 9.99. The minimum Gasteiger partial charge on any atom is -0.465 e. The zero-order chi connectivity index (χ0) is 14.5. The summed E-state index contributed by atoms with van der Waals surface area (Å²) >= 11 is 0. The zero-order valence-corrected chi connectivity index (χ0v) is 12.9. The molecule has 0 bridgehead atoms. The molecule has 0 aromatic carbocycles. The lowest BCUT2D eigenvalue weighted by Crippen LogP contribution is -2.62. The first-order chi connectivity index (χ1) is 8.89. The van der Waals surface area contributed by atoms with Crippen molar-refractivity contribution in [3.05, 3.63) is 0 Å². The van der Waals surface area contributed by atoms with Crippen LogP contribution in [0, 0.1) is 0 Å². The molecule has 112 valence electrons. The Bertz CT molecular complexity index is 296. The molecule has 0 saturated carbocycles. The maximum atomic E-state index is 12.2. The van der Waals surface area contributed by atoms with E-state index >= 15 is 0 Å². The minimum atomic E-state index is -0.671. The van der Waals surface area contributed by atoms with E-state index in [9.17, 15) is 4.79 Å². The van der Waals surface area contributed by atoms with Crippen molar-refractivity contribution in [3.63, 3.8) is 0 Å². The Kier molecular flexibility index (Phi) is 6.23. The van der Waals surface area contributed by atoms with E-state index in [2.05, 4.69) is 17.1 Å². The minimum absolute atomic E-state index is 0.178. The number of rotatable bonds is 6. The quantitative estimate of drug-likeness (QED) is 0.732. The topological polar surface area (TPSA) is 50.8 Å². The van der Waals surface area contributed by atoms with E-state index in [4.69, 9.17) is 9.47 Å². The Morgan fingerprint density at radius 1 is 1.58 bits per heavy atom. The maximum Gasteiger partial charge on any atom is 0.327 e. The number of nitrogens with zero attached hydrogens (tertiary/aromatic N) is 1. The summed E-state index contributed by atoms with van der Waals surface area (Å²) in [6, 6.07) is 0.558. The van der Waals surface area contributed by atoms with Gasteiger partial charge in [-0.15, -0.1) is 0 Å². The van der Waals surface area contributed by atoms with Gasteiger partial charge in [0.1, 0.15) is 5.54 Å². The molecule has 0 radical (unpaired) electrons. The van der Waals surface area contributed by atoms with Crippen molar-refractivity contribution in [2.75, 3.05) is 32.9 Å². The molecule has 0 spiro atoms. The van der Waals surface area contributed by atoms with Crippen molar-refractivity contribution >= 4 is 5.97 Å². The second kappa shape index (κ2) is 7.22. The summed E-state index contributed by atoms with van der Waals surface area (Å²) in [6.45, 7) is 13.3. The van der Waals surface area contributed by atoms with Crippen LogP contribution in [0.15, 0.2) is 0 Å². The van der Waals surface area contributed by atoms with Crippen LogP contribution in [0.5, 0.6) is 0 Å². The van der Waals surface area contributed by atoms with Gasteiger partial charge in [0.05, 0.1) is 19.8 Å². The van der Waals surface area contributed by atoms with Gasteiger partial charge in [0.2, 0.25) is 0 Å².